The van der Waals surface area contributed by atoms with Crippen molar-refractivity contribution in [2.45, 2.75) is 38.8 Å². The number of nitrogens with zero attached hydrogens (tertiary/aromatic N) is 2. The van der Waals surface area contributed by atoms with Crippen LogP contribution in [0.4, 0.5) is 10.1 Å². The van der Waals surface area contributed by atoms with Crippen molar-refractivity contribution in [3.8, 4) is 11.5 Å². The summed E-state index contributed by atoms with van der Waals surface area (Å²) in [6, 6.07) is 17.2. The van der Waals surface area contributed by atoms with Gasteiger partial charge in [0, 0.05) is 31.7 Å². The molecule has 2 saturated heterocycles. The normalized spacial score (nSPS) is 20.2. The molecule has 2 aliphatic rings. The van der Waals surface area contributed by atoms with Crippen molar-refractivity contribution < 1.29 is 18.7 Å². The summed E-state index contributed by atoms with van der Waals surface area (Å²) in [5, 5.41) is 0. The van der Waals surface area contributed by atoms with Gasteiger partial charge in [0.15, 0.2) is 5.67 Å². The summed E-state index contributed by atoms with van der Waals surface area (Å²) >= 11 is 0. The number of hydrogen-bond acceptors (Lipinski definition) is 3. The second-order valence-corrected chi connectivity index (χ2v) is 8.98. The van der Waals surface area contributed by atoms with E-state index in [1.54, 1.807) is 4.90 Å². The minimum Gasteiger partial charge on any atom is -0.457 e. The molecule has 0 saturated carbocycles. The Bertz CT molecular complexity index is 916. The van der Waals surface area contributed by atoms with E-state index in [2.05, 4.69) is 0 Å². The maximum atomic E-state index is 14.0. The topological polar surface area (TPSA) is 49.9 Å². The number of amides is 2. The van der Waals surface area contributed by atoms with Crippen LogP contribution >= 0.6 is 0 Å². The van der Waals surface area contributed by atoms with Crippen molar-refractivity contribution in [1.82, 2.24) is 4.90 Å². The maximum Gasteiger partial charge on any atom is 0.259 e. The van der Waals surface area contributed by atoms with Gasteiger partial charge in [0.05, 0.1) is 0 Å². The molecule has 31 heavy (non-hydrogen) atoms. The molecule has 1 atom stereocenters. The summed E-state index contributed by atoms with van der Waals surface area (Å²) in [7, 11) is 0. The van der Waals surface area contributed by atoms with Crippen molar-refractivity contribution in [2.24, 2.45) is 11.8 Å². The van der Waals surface area contributed by atoms with E-state index >= 15 is 0 Å². The number of benzene rings is 2. The number of likely N-dealkylation sites (tertiary alicyclic amines) is 1. The molecular formula is C25H29FN2O3. The Morgan fingerprint density at radius 2 is 1.58 bits per heavy atom. The molecule has 0 N–H and O–H groups in total. The molecule has 2 aliphatic heterocycles. The van der Waals surface area contributed by atoms with E-state index in [4.69, 9.17) is 4.74 Å². The van der Waals surface area contributed by atoms with E-state index < -0.39 is 11.6 Å². The van der Waals surface area contributed by atoms with Crippen LogP contribution in [-0.4, -0.2) is 42.0 Å². The summed E-state index contributed by atoms with van der Waals surface area (Å²) in [6.45, 7) is 4.43. The van der Waals surface area contributed by atoms with Crippen LogP contribution in [-0.2, 0) is 9.59 Å². The van der Waals surface area contributed by atoms with E-state index in [0.29, 0.717) is 32.0 Å². The van der Waals surface area contributed by atoms with Gasteiger partial charge in [0.2, 0.25) is 5.91 Å². The fourth-order valence-electron chi connectivity index (χ4n) is 4.57. The molecule has 0 bridgehead atoms. The average molecular weight is 425 g/mol. The molecule has 0 radical (unpaired) electrons. The quantitative estimate of drug-likeness (QED) is 0.692. The molecule has 0 aliphatic carbocycles. The van der Waals surface area contributed by atoms with E-state index in [1.165, 1.54) is 13.8 Å². The highest BCUT2D eigenvalue weighted by Gasteiger charge is 2.39. The number of carbonyl (C=O) groups excluding carboxylic acids is 2. The smallest absolute Gasteiger partial charge is 0.259 e. The summed E-state index contributed by atoms with van der Waals surface area (Å²) in [4.78, 5) is 28.3. The Morgan fingerprint density at radius 1 is 0.968 bits per heavy atom. The molecule has 6 heteroatoms. The first-order valence-electron chi connectivity index (χ1n) is 10.9. The molecule has 0 spiro atoms. The number of carbonyl (C=O) groups is 2. The lowest BCUT2D eigenvalue weighted by atomic mass is 9.83. The van der Waals surface area contributed by atoms with Crippen molar-refractivity contribution >= 4 is 17.5 Å². The summed E-state index contributed by atoms with van der Waals surface area (Å²) in [6.07, 6.45) is 2.16. The number of ether oxygens (including phenoxy) is 1. The second-order valence-electron chi connectivity index (χ2n) is 8.98. The third-order valence-corrected chi connectivity index (χ3v) is 6.28. The predicted octanol–water partition coefficient (Wildman–Crippen LogP) is 4.82. The first kappa shape index (κ1) is 21.3. The average Bonchev–Trinajstić information content (AvgIpc) is 3.15. The fourth-order valence-corrected chi connectivity index (χ4v) is 4.57. The highest BCUT2D eigenvalue weighted by atomic mass is 19.1. The molecule has 2 fully saturated rings. The highest BCUT2D eigenvalue weighted by molar-refractivity contribution is 5.95. The van der Waals surface area contributed by atoms with Gasteiger partial charge in [-0.15, -0.1) is 0 Å². The van der Waals surface area contributed by atoms with Gasteiger partial charge < -0.3 is 14.5 Å². The van der Waals surface area contributed by atoms with Gasteiger partial charge in [-0.05, 0) is 74.9 Å². The third-order valence-electron chi connectivity index (χ3n) is 6.28. The Labute approximate surface area is 182 Å². The Balaban J connectivity index is 1.34. The van der Waals surface area contributed by atoms with Crippen LogP contribution in [0.1, 0.15) is 33.1 Å². The first-order chi connectivity index (χ1) is 14.8. The fraction of sp³-hybridized carbons (Fsp3) is 0.440. The second kappa shape index (κ2) is 8.69. The van der Waals surface area contributed by atoms with Crippen LogP contribution in [0.25, 0.3) is 0 Å². The molecule has 2 aromatic rings. The Kier molecular flexibility index (Phi) is 5.99. The largest absolute Gasteiger partial charge is 0.457 e. The van der Waals surface area contributed by atoms with E-state index in [1.807, 2.05) is 59.5 Å². The predicted molar refractivity (Wildman–Crippen MR) is 118 cm³/mol. The standard InChI is InChI=1S/C25H29FN2O3/c1-25(2,26)24(30)27-14-12-18(13-15-27)19-16-23(29)28(17-19)20-8-10-22(11-9-20)31-21-6-4-3-5-7-21/h3-11,18-19H,12-17H2,1-2H3. The molecule has 164 valence electrons. The zero-order valence-corrected chi connectivity index (χ0v) is 18.1. The van der Waals surface area contributed by atoms with E-state index in [0.717, 1.165) is 30.0 Å². The van der Waals surface area contributed by atoms with Gasteiger partial charge in [-0.3, -0.25) is 9.59 Å². The number of rotatable bonds is 5. The third kappa shape index (κ3) is 4.89. The van der Waals surface area contributed by atoms with Gasteiger partial charge in [0.1, 0.15) is 11.5 Å². The number of hydrogen-bond donors (Lipinski definition) is 0. The van der Waals surface area contributed by atoms with E-state index in [9.17, 15) is 14.0 Å². The van der Waals surface area contributed by atoms with Crippen LogP contribution in [0.3, 0.4) is 0 Å². The van der Waals surface area contributed by atoms with Crippen LogP contribution in [0.2, 0.25) is 0 Å². The lowest BCUT2D eigenvalue weighted by Crippen LogP contribution is -2.47. The number of alkyl halides is 1. The Morgan fingerprint density at radius 3 is 2.19 bits per heavy atom. The van der Waals surface area contributed by atoms with Crippen LogP contribution in [0, 0.1) is 11.8 Å². The minimum absolute atomic E-state index is 0.130. The highest BCUT2D eigenvalue weighted by Crippen LogP contribution is 2.36. The number of para-hydroxylation sites is 1. The monoisotopic (exact) mass is 424 g/mol. The summed E-state index contributed by atoms with van der Waals surface area (Å²) in [5.41, 5.74) is -0.955. The van der Waals surface area contributed by atoms with Gasteiger partial charge in [-0.1, -0.05) is 18.2 Å². The van der Waals surface area contributed by atoms with E-state index in [-0.39, 0.29) is 11.8 Å². The van der Waals surface area contributed by atoms with Gasteiger partial charge >= 0.3 is 0 Å². The maximum absolute atomic E-state index is 14.0. The SMILES string of the molecule is CC(C)(F)C(=O)N1CCC(C2CC(=O)N(c3ccc(Oc4ccccc4)cc3)C2)CC1. The van der Waals surface area contributed by atoms with Crippen LogP contribution in [0.5, 0.6) is 11.5 Å². The molecule has 0 aromatic heterocycles. The first-order valence-corrected chi connectivity index (χ1v) is 10.9. The molecule has 2 heterocycles. The van der Waals surface area contributed by atoms with Crippen molar-refractivity contribution in [3.63, 3.8) is 0 Å². The summed E-state index contributed by atoms with van der Waals surface area (Å²) < 4.78 is 19.8. The number of halogens is 1. The van der Waals surface area contributed by atoms with Gasteiger partial charge in [0.25, 0.3) is 5.91 Å². The van der Waals surface area contributed by atoms with Crippen molar-refractivity contribution in [1.29, 1.82) is 0 Å². The number of anilines is 1. The molecule has 2 aromatic carbocycles. The lowest BCUT2D eigenvalue weighted by Gasteiger charge is -2.36. The van der Waals surface area contributed by atoms with Gasteiger partial charge in [-0.25, -0.2) is 4.39 Å². The molecule has 5 nitrogen and oxygen atoms in total. The zero-order valence-electron chi connectivity index (χ0n) is 18.1. The van der Waals surface area contributed by atoms with Crippen molar-refractivity contribution in [2.75, 3.05) is 24.5 Å². The van der Waals surface area contributed by atoms with Crippen LogP contribution in [0.15, 0.2) is 54.6 Å². The van der Waals surface area contributed by atoms with Crippen molar-refractivity contribution in [3.05, 3.63) is 54.6 Å². The zero-order chi connectivity index (χ0) is 22.0. The molecular weight excluding hydrogens is 395 g/mol. The minimum atomic E-state index is -1.83. The summed E-state index contributed by atoms with van der Waals surface area (Å²) in [5.74, 6) is 1.84. The van der Waals surface area contributed by atoms with Crippen LogP contribution < -0.4 is 9.64 Å². The molecule has 4 rings (SSSR count). The Hall–Kier alpha value is -2.89. The number of piperidine rings is 1. The van der Waals surface area contributed by atoms with Gasteiger partial charge in [-0.2, -0.15) is 0 Å². The lowest BCUT2D eigenvalue weighted by molar-refractivity contribution is -0.143. The molecule has 2 amide bonds. The molecule has 1 unspecified atom stereocenters.